The van der Waals surface area contributed by atoms with Gasteiger partial charge in [0, 0.05) is 83.1 Å². The number of halogens is 1. The minimum absolute atomic E-state index is 0.0450. The highest BCUT2D eigenvalue weighted by molar-refractivity contribution is 5.97. The summed E-state index contributed by atoms with van der Waals surface area (Å²) in [6.45, 7) is 16.4. The number of likely N-dealkylation sites (tertiary alicyclic amines) is 1. The van der Waals surface area contributed by atoms with E-state index in [1.807, 2.05) is 20.8 Å². The van der Waals surface area contributed by atoms with Crippen LogP contribution in [-0.2, 0) is 19.1 Å². The molecule has 0 radical (unpaired) electrons. The van der Waals surface area contributed by atoms with Gasteiger partial charge in [-0.2, -0.15) is 0 Å². The Morgan fingerprint density at radius 1 is 1.06 bits per heavy atom. The van der Waals surface area contributed by atoms with E-state index in [1.54, 1.807) is 19.1 Å². The van der Waals surface area contributed by atoms with Gasteiger partial charge in [0.15, 0.2) is 12.1 Å². The van der Waals surface area contributed by atoms with Crippen LogP contribution in [0.5, 0.6) is 11.6 Å². The normalized spacial score (nSPS) is 16.0. The summed E-state index contributed by atoms with van der Waals surface area (Å²) in [5, 5.41) is 23.8. The minimum atomic E-state index is -1.26. The van der Waals surface area contributed by atoms with Crippen LogP contribution in [0.2, 0.25) is 0 Å². The van der Waals surface area contributed by atoms with E-state index in [0.717, 1.165) is 58.5 Å². The molecule has 2 fully saturated rings. The fourth-order valence-electron chi connectivity index (χ4n) is 6.97. The molecule has 4 rings (SSSR count). The van der Waals surface area contributed by atoms with E-state index >= 15 is 0 Å². The van der Waals surface area contributed by atoms with Gasteiger partial charge >= 0.3 is 11.9 Å². The first-order chi connectivity index (χ1) is 25.1. The molecular weight excluding hydrogens is 689 g/mol. The molecule has 2 N–H and O–H groups in total. The number of aromatic nitrogens is 3. The molecule has 1 spiro atoms. The first-order valence-corrected chi connectivity index (χ1v) is 18.0. The highest BCUT2D eigenvalue weighted by atomic mass is 19.1. The topological polar surface area (TPSA) is 171 Å². The Balaban J connectivity index is 0.000000846. The number of methoxy groups -OCH3 is 2. The van der Waals surface area contributed by atoms with Crippen molar-refractivity contribution in [3.63, 3.8) is 0 Å². The van der Waals surface area contributed by atoms with E-state index in [9.17, 15) is 18.8 Å². The van der Waals surface area contributed by atoms with Gasteiger partial charge in [-0.05, 0) is 77.7 Å². The molecule has 15 nitrogen and oxygen atoms in total. The lowest BCUT2D eigenvalue weighted by atomic mass is 9.76. The Kier molecular flexibility index (Phi) is 16.5. The van der Waals surface area contributed by atoms with Crippen LogP contribution in [0.15, 0.2) is 36.7 Å². The van der Waals surface area contributed by atoms with E-state index in [-0.39, 0.29) is 40.8 Å². The monoisotopic (exact) mass is 745 g/mol. The lowest BCUT2D eigenvalue weighted by Gasteiger charge is -2.53. The second-order valence-corrected chi connectivity index (χ2v) is 14.2. The van der Waals surface area contributed by atoms with Crippen LogP contribution in [0.4, 0.5) is 10.2 Å². The number of hydrogen-bond donors (Lipinski definition) is 2. The third-order valence-electron chi connectivity index (χ3n) is 9.62. The van der Waals surface area contributed by atoms with Crippen molar-refractivity contribution >= 4 is 23.7 Å². The highest BCUT2D eigenvalue weighted by Crippen LogP contribution is 2.44. The standard InChI is InChI=1S/C33H52FN7O4.C4H4O4/c1-9-41(24(4)5)32(42)26-17-25(34)12-13-28(26)45-31-30(35-22-36-37-31)39-16-14-33(19-39)20-40(21-33)27(23(2)3)11-10-15-38(6)18-29(43-7)44-8;5-3(6)1-2-4(7)8/h12-13,17,22-24,27,29H,9-11,14-16,18-21H2,1-8H3;1-2H,(H,5,6)(H,7,8)/b;2-1+. The Hall–Kier alpha value is -4.25. The Morgan fingerprint density at radius 2 is 1.72 bits per heavy atom. The first-order valence-electron chi connectivity index (χ1n) is 18.0. The van der Waals surface area contributed by atoms with Crippen LogP contribution in [0.3, 0.4) is 0 Å². The number of carbonyl (C=O) groups is 3. The molecule has 3 heterocycles. The summed E-state index contributed by atoms with van der Waals surface area (Å²) in [7, 11) is 5.46. The number of likely N-dealkylation sites (N-methyl/N-ethyl adjacent to an activating group) is 1. The van der Waals surface area contributed by atoms with E-state index in [0.29, 0.717) is 36.5 Å². The van der Waals surface area contributed by atoms with Crippen molar-refractivity contribution in [1.82, 2.24) is 29.9 Å². The molecule has 0 saturated carbocycles. The van der Waals surface area contributed by atoms with Crippen molar-refractivity contribution in [1.29, 1.82) is 0 Å². The minimum Gasteiger partial charge on any atom is -0.478 e. The third kappa shape index (κ3) is 12.4. The second-order valence-electron chi connectivity index (χ2n) is 14.2. The summed E-state index contributed by atoms with van der Waals surface area (Å²) in [6.07, 6.45) is 5.64. The van der Waals surface area contributed by atoms with Gasteiger partial charge in [-0.1, -0.05) is 13.8 Å². The molecule has 2 aliphatic rings. The van der Waals surface area contributed by atoms with Gasteiger partial charge in [0.25, 0.3) is 11.8 Å². The molecular formula is C37H56FN7O8. The Bertz CT molecular complexity index is 1520. The number of ether oxygens (including phenoxy) is 3. The van der Waals surface area contributed by atoms with E-state index in [4.69, 9.17) is 24.4 Å². The van der Waals surface area contributed by atoms with E-state index < -0.39 is 17.8 Å². The second kappa shape index (κ2) is 20.3. The van der Waals surface area contributed by atoms with Crippen molar-refractivity contribution in [2.45, 2.75) is 72.3 Å². The average molecular weight is 746 g/mol. The quantitative estimate of drug-likeness (QED) is 0.164. The van der Waals surface area contributed by atoms with Crippen LogP contribution in [0.1, 0.15) is 64.2 Å². The number of nitrogens with zero attached hydrogens (tertiary/aromatic N) is 7. The van der Waals surface area contributed by atoms with Crippen molar-refractivity contribution in [3.05, 3.63) is 48.1 Å². The van der Waals surface area contributed by atoms with Crippen molar-refractivity contribution in [2.24, 2.45) is 11.3 Å². The first kappa shape index (κ1) is 43.2. The van der Waals surface area contributed by atoms with Crippen LogP contribution in [0, 0.1) is 17.2 Å². The molecule has 1 atom stereocenters. The molecule has 0 aliphatic carbocycles. The number of amides is 1. The van der Waals surface area contributed by atoms with Crippen molar-refractivity contribution in [3.8, 4) is 11.6 Å². The Labute approximate surface area is 311 Å². The van der Waals surface area contributed by atoms with Crippen LogP contribution >= 0.6 is 0 Å². The molecule has 2 aliphatic heterocycles. The summed E-state index contributed by atoms with van der Waals surface area (Å²) >= 11 is 0. The molecule has 1 aromatic heterocycles. The molecule has 1 unspecified atom stereocenters. The van der Waals surface area contributed by atoms with Crippen molar-refractivity contribution in [2.75, 3.05) is 72.0 Å². The number of benzene rings is 1. The number of rotatable bonds is 18. The van der Waals surface area contributed by atoms with Gasteiger partial charge in [0.2, 0.25) is 0 Å². The Morgan fingerprint density at radius 3 is 2.28 bits per heavy atom. The van der Waals surface area contributed by atoms with Crippen LogP contribution in [0.25, 0.3) is 0 Å². The summed E-state index contributed by atoms with van der Waals surface area (Å²) < 4.78 is 31.2. The molecule has 294 valence electrons. The lowest BCUT2D eigenvalue weighted by Crippen LogP contribution is -2.62. The fourth-order valence-corrected chi connectivity index (χ4v) is 6.97. The van der Waals surface area contributed by atoms with Gasteiger partial charge < -0.3 is 39.1 Å². The van der Waals surface area contributed by atoms with E-state index in [2.05, 4.69) is 50.8 Å². The van der Waals surface area contributed by atoms with Gasteiger partial charge in [0.1, 0.15) is 17.9 Å². The predicted molar refractivity (Wildman–Crippen MR) is 197 cm³/mol. The zero-order chi connectivity index (χ0) is 39.3. The van der Waals surface area contributed by atoms with E-state index in [1.165, 1.54) is 24.5 Å². The van der Waals surface area contributed by atoms with Gasteiger partial charge in [0.05, 0.1) is 5.56 Å². The maximum Gasteiger partial charge on any atom is 0.328 e. The maximum atomic E-state index is 14.3. The molecule has 16 heteroatoms. The smallest absolute Gasteiger partial charge is 0.328 e. The lowest BCUT2D eigenvalue weighted by molar-refractivity contribution is -0.134. The van der Waals surface area contributed by atoms with Crippen molar-refractivity contribution < 1.29 is 43.2 Å². The molecule has 53 heavy (non-hydrogen) atoms. The zero-order valence-corrected chi connectivity index (χ0v) is 32.2. The largest absolute Gasteiger partial charge is 0.478 e. The van der Waals surface area contributed by atoms with Gasteiger partial charge in [-0.3, -0.25) is 9.69 Å². The van der Waals surface area contributed by atoms with Crippen LogP contribution < -0.4 is 9.64 Å². The van der Waals surface area contributed by atoms with Gasteiger partial charge in [-0.25, -0.2) is 19.0 Å². The summed E-state index contributed by atoms with van der Waals surface area (Å²) in [4.78, 5) is 45.8. The number of carboxylic acid groups (broad SMARTS) is 2. The highest BCUT2D eigenvalue weighted by Gasteiger charge is 2.50. The van der Waals surface area contributed by atoms with Gasteiger partial charge in [-0.15, -0.1) is 10.2 Å². The summed E-state index contributed by atoms with van der Waals surface area (Å²) in [5.74, 6) is -1.71. The molecule has 0 bridgehead atoms. The molecule has 1 amide bonds. The predicted octanol–water partition coefficient (Wildman–Crippen LogP) is 4.25. The number of hydrogen-bond acceptors (Lipinski definition) is 12. The number of anilines is 1. The summed E-state index contributed by atoms with van der Waals surface area (Å²) in [5.41, 5.74) is 0.337. The zero-order valence-electron chi connectivity index (χ0n) is 32.2. The SMILES string of the molecule is CCN(C(=O)c1cc(F)ccc1Oc1nncnc1N1CCC2(C1)CN(C(CCCN(C)CC(OC)OC)C(C)C)C2)C(C)C.O=C(O)/C=C/C(=O)O. The maximum absolute atomic E-state index is 14.3. The fraction of sp³-hybridized carbons (Fsp3) is 0.622. The number of carbonyl (C=O) groups excluding carboxylic acids is 1. The summed E-state index contributed by atoms with van der Waals surface area (Å²) in [6, 6.07) is 4.47. The number of carboxylic acids is 2. The molecule has 2 saturated heterocycles. The average Bonchev–Trinajstić information content (AvgIpc) is 3.54. The number of aliphatic carboxylic acids is 2. The third-order valence-corrected chi connectivity index (χ3v) is 9.62. The molecule has 2 aromatic rings. The van der Waals surface area contributed by atoms with Crippen LogP contribution in [-0.4, -0.2) is 143 Å². The molecule has 1 aromatic carbocycles.